The first-order valence-electron chi connectivity index (χ1n) is 10.0. The maximum Gasteiger partial charge on any atom is 0.212 e. The minimum Gasteiger partial charge on any atom is -0.345 e. The van der Waals surface area contributed by atoms with Gasteiger partial charge in [0.15, 0.2) is 5.65 Å². The highest BCUT2D eigenvalue weighted by Crippen LogP contribution is 2.33. The number of rotatable bonds is 1. The molecule has 0 radical (unpaired) electrons. The quantitative estimate of drug-likeness (QED) is 0.401. The van der Waals surface area contributed by atoms with Gasteiger partial charge in [-0.1, -0.05) is 6.92 Å². The molecule has 28 heavy (non-hydrogen) atoms. The second kappa shape index (κ2) is 6.82. The smallest absolute Gasteiger partial charge is 0.212 e. The van der Waals surface area contributed by atoms with Gasteiger partial charge in [0, 0.05) is 38.3 Å². The van der Waals surface area contributed by atoms with Gasteiger partial charge in [0.25, 0.3) is 0 Å². The first kappa shape index (κ1) is 17.0. The van der Waals surface area contributed by atoms with Crippen molar-refractivity contribution in [3.8, 4) is 6.19 Å². The Balaban J connectivity index is 1.53. The minimum absolute atomic E-state index is 0.267. The standard InChI is InChI=1S/C20H24N8/c1-14-5-9-27(20(25-13-21)26-7-2-3-8-26)12-16(14)19-24-11-15-10-23-18-17(28(15)19)4-6-22-18/h4,6,10-11,14,16,22H,2-3,5,7-9,12H2,1H3/b25-20-/t14-,16+/m1/s1. The summed E-state index contributed by atoms with van der Waals surface area (Å²) in [5.74, 6) is 2.68. The van der Waals surface area contributed by atoms with Gasteiger partial charge < -0.3 is 14.8 Å². The molecule has 0 bridgehead atoms. The molecule has 5 heterocycles. The number of likely N-dealkylation sites (tertiary alicyclic amines) is 2. The van der Waals surface area contributed by atoms with Crippen molar-refractivity contribution in [3.05, 3.63) is 30.5 Å². The molecule has 0 saturated carbocycles. The third kappa shape index (κ3) is 2.70. The van der Waals surface area contributed by atoms with Gasteiger partial charge in [-0.3, -0.25) is 4.40 Å². The zero-order valence-corrected chi connectivity index (χ0v) is 16.0. The number of imidazole rings is 1. The summed E-state index contributed by atoms with van der Waals surface area (Å²) in [6.45, 7) is 6.03. The number of nitrogens with zero attached hydrogens (tertiary/aromatic N) is 7. The lowest BCUT2D eigenvalue weighted by atomic mass is 9.86. The fourth-order valence-electron chi connectivity index (χ4n) is 4.65. The lowest BCUT2D eigenvalue weighted by Gasteiger charge is -2.40. The van der Waals surface area contributed by atoms with Crippen LogP contribution in [0, 0.1) is 17.4 Å². The summed E-state index contributed by atoms with van der Waals surface area (Å²) in [6.07, 6.45) is 11.1. The third-order valence-electron chi connectivity index (χ3n) is 6.20. The highest BCUT2D eigenvalue weighted by Gasteiger charge is 2.34. The van der Waals surface area contributed by atoms with Crippen molar-refractivity contribution in [2.24, 2.45) is 10.9 Å². The number of fused-ring (bicyclic) bond motifs is 3. The van der Waals surface area contributed by atoms with Gasteiger partial charge in [-0.05, 0) is 31.2 Å². The molecule has 2 fully saturated rings. The Morgan fingerprint density at radius 2 is 2.04 bits per heavy atom. The second-order valence-electron chi connectivity index (χ2n) is 7.87. The fraction of sp³-hybridized carbons (Fsp3) is 0.500. The highest BCUT2D eigenvalue weighted by molar-refractivity contribution is 5.81. The Morgan fingerprint density at radius 1 is 1.21 bits per heavy atom. The van der Waals surface area contributed by atoms with Crippen LogP contribution in [0.1, 0.15) is 37.9 Å². The molecule has 2 atom stereocenters. The lowest BCUT2D eigenvalue weighted by molar-refractivity contribution is 0.216. The summed E-state index contributed by atoms with van der Waals surface area (Å²) in [5, 5.41) is 9.25. The van der Waals surface area contributed by atoms with Gasteiger partial charge in [-0.25, -0.2) is 9.97 Å². The van der Waals surface area contributed by atoms with E-state index in [4.69, 9.17) is 4.98 Å². The van der Waals surface area contributed by atoms with Crippen LogP contribution in [0.4, 0.5) is 0 Å². The van der Waals surface area contributed by atoms with Crippen molar-refractivity contribution in [3.63, 3.8) is 0 Å². The van der Waals surface area contributed by atoms with E-state index in [0.29, 0.717) is 5.92 Å². The molecule has 2 aliphatic heterocycles. The van der Waals surface area contributed by atoms with Crippen molar-refractivity contribution in [1.82, 2.24) is 29.2 Å². The van der Waals surface area contributed by atoms with Crippen molar-refractivity contribution in [2.75, 3.05) is 26.2 Å². The van der Waals surface area contributed by atoms with Gasteiger partial charge in [-0.15, -0.1) is 4.99 Å². The number of nitriles is 1. The molecule has 5 rings (SSSR count). The largest absolute Gasteiger partial charge is 0.345 e. The Bertz CT molecular complexity index is 1060. The number of hydrogen-bond donors (Lipinski definition) is 1. The Morgan fingerprint density at radius 3 is 2.86 bits per heavy atom. The molecule has 2 saturated heterocycles. The number of guanidine groups is 1. The van der Waals surface area contributed by atoms with E-state index in [2.05, 4.69) is 42.2 Å². The van der Waals surface area contributed by atoms with Crippen LogP contribution in [0.3, 0.4) is 0 Å². The van der Waals surface area contributed by atoms with Crippen LogP contribution in [-0.4, -0.2) is 61.3 Å². The number of aromatic amines is 1. The van der Waals surface area contributed by atoms with Crippen LogP contribution in [-0.2, 0) is 0 Å². The van der Waals surface area contributed by atoms with Crippen molar-refractivity contribution in [2.45, 2.75) is 32.1 Å². The summed E-state index contributed by atoms with van der Waals surface area (Å²) in [7, 11) is 0. The van der Waals surface area contributed by atoms with E-state index in [1.165, 1.54) is 12.8 Å². The molecule has 3 aromatic rings. The number of H-pyrrole nitrogens is 1. The Hall–Kier alpha value is -3.08. The lowest BCUT2D eigenvalue weighted by Crippen LogP contribution is -2.49. The average Bonchev–Trinajstić information content (AvgIpc) is 3.45. The van der Waals surface area contributed by atoms with E-state index in [1.54, 1.807) is 0 Å². The summed E-state index contributed by atoms with van der Waals surface area (Å²) < 4.78 is 2.22. The van der Waals surface area contributed by atoms with Gasteiger partial charge in [0.2, 0.25) is 12.2 Å². The summed E-state index contributed by atoms with van der Waals surface area (Å²) in [5.41, 5.74) is 2.94. The van der Waals surface area contributed by atoms with Crippen molar-refractivity contribution < 1.29 is 0 Å². The number of aliphatic imine (C=N–C) groups is 1. The zero-order chi connectivity index (χ0) is 19.1. The van der Waals surface area contributed by atoms with Crippen molar-refractivity contribution >= 4 is 22.6 Å². The molecule has 0 unspecified atom stereocenters. The fourth-order valence-corrected chi connectivity index (χ4v) is 4.65. The first-order chi connectivity index (χ1) is 13.8. The molecular weight excluding hydrogens is 352 g/mol. The van der Waals surface area contributed by atoms with E-state index in [1.807, 2.05) is 24.8 Å². The van der Waals surface area contributed by atoms with Gasteiger partial charge >= 0.3 is 0 Å². The zero-order valence-electron chi connectivity index (χ0n) is 16.0. The predicted octanol–water partition coefficient (Wildman–Crippen LogP) is 2.57. The molecule has 0 amide bonds. The Kier molecular flexibility index (Phi) is 4.15. The molecule has 8 heteroatoms. The maximum atomic E-state index is 9.25. The van der Waals surface area contributed by atoms with Crippen LogP contribution in [0.15, 0.2) is 29.6 Å². The SMILES string of the molecule is C[C@@H]1CCN(/C(=N\C#N)N2CCCC2)C[C@@H]1c1ncc2cnc3[nH]ccc3n12. The van der Waals surface area contributed by atoms with Crippen LogP contribution in [0.2, 0.25) is 0 Å². The summed E-state index contributed by atoms with van der Waals surface area (Å²) in [6, 6.07) is 2.05. The normalized spacial score (nSPS) is 23.6. The highest BCUT2D eigenvalue weighted by atomic mass is 15.4. The molecule has 144 valence electrons. The van der Waals surface area contributed by atoms with E-state index < -0.39 is 0 Å². The van der Waals surface area contributed by atoms with Crippen LogP contribution >= 0.6 is 0 Å². The van der Waals surface area contributed by atoms with Gasteiger partial charge in [0.1, 0.15) is 5.82 Å². The van der Waals surface area contributed by atoms with Gasteiger partial charge in [0.05, 0.1) is 23.4 Å². The molecule has 0 spiro atoms. The third-order valence-corrected chi connectivity index (χ3v) is 6.20. The topological polar surface area (TPSA) is 88.6 Å². The van der Waals surface area contributed by atoms with Crippen LogP contribution < -0.4 is 0 Å². The molecule has 0 aromatic carbocycles. The average molecular weight is 376 g/mol. The molecule has 0 aliphatic carbocycles. The minimum atomic E-state index is 0.267. The molecule has 2 aliphatic rings. The van der Waals surface area contributed by atoms with Crippen LogP contribution in [0.5, 0.6) is 0 Å². The Labute approximate surface area is 163 Å². The number of nitrogens with one attached hydrogen (secondary N) is 1. The molecular formula is C20H24N8. The number of hydrogen-bond acceptors (Lipinski definition) is 4. The van der Waals surface area contributed by atoms with Crippen LogP contribution in [0.25, 0.3) is 16.7 Å². The molecule has 3 aromatic heterocycles. The molecule has 1 N–H and O–H groups in total. The van der Waals surface area contributed by atoms with E-state index in [9.17, 15) is 5.26 Å². The second-order valence-corrected chi connectivity index (χ2v) is 7.87. The van der Waals surface area contributed by atoms with Crippen molar-refractivity contribution in [1.29, 1.82) is 5.26 Å². The number of piperidine rings is 1. The van der Waals surface area contributed by atoms with E-state index in [-0.39, 0.29) is 5.92 Å². The van der Waals surface area contributed by atoms with E-state index >= 15 is 0 Å². The van der Waals surface area contributed by atoms with Gasteiger partial charge in [-0.2, -0.15) is 5.26 Å². The maximum absolute atomic E-state index is 9.25. The number of aromatic nitrogens is 4. The first-order valence-corrected chi connectivity index (χ1v) is 10.0. The monoisotopic (exact) mass is 376 g/mol. The summed E-state index contributed by atoms with van der Waals surface area (Å²) in [4.78, 5) is 21.2. The predicted molar refractivity (Wildman–Crippen MR) is 107 cm³/mol. The summed E-state index contributed by atoms with van der Waals surface area (Å²) >= 11 is 0. The van der Waals surface area contributed by atoms with E-state index in [0.717, 1.165) is 61.1 Å². The molecule has 8 nitrogen and oxygen atoms in total.